The van der Waals surface area contributed by atoms with Gasteiger partial charge in [0.1, 0.15) is 0 Å². The lowest BCUT2D eigenvalue weighted by molar-refractivity contribution is 0.112. The lowest BCUT2D eigenvalue weighted by Crippen LogP contribution is -2.44. The van der Waals surface area contributed by atoms with Crippen molar-refractivity contribution < 1.29 is 4.43 Å². The van der Waals surface area contributed by atoms with Gasteiger partial charge in [-0.05, 0) is 110 Å². The number of rotatable bonds is 7. The second-order valence-electron chi connectivity index (χ2n) is 14.7. The Morgan fingerprint density at radius 2 is 1.69 bits per heavy atom. The summed E-state index contributed by atoms with van der Waals surface area (Å²) < 4.78 is 6.82. The second kappa shape index (κ2) is 11.5. The largest absolute Gasteiger partial charge is 0.414 e. The van der Waals surface area contributed by atoms with Crippen molar-refractivity contribution in [3.8, 4) is 0 Å². The Balaban J connectivity index is 1.73. The molecular weight excluding hydrogens is 452 g/mol. The third-order valence-corrected chi connectivity index (χ3v) is 15.4. The molecule has 36 heavy (non-hydrogen) atoms. The van der Waals surface area contributed by atoms with Gasteiger partial charge in [0.05, 0.1) is 0 Å². The summed E-state index contributed by atoms with van der Waals surface area (Å²) in [5.74, 6) is 3.62. The highest BCUT2D eigenvalue weighted by Crippen LogP contribution is 2.59. The Hall–Kier alpha value is -0.863. The monoisotopic (exact) mass is 510 g/mol. The van der Waals surface area contributed by atoms with Crippen LogP contribution in [0.2, 0.25) is 18.1 Å². The number of fused-ring (bicyclic) bond motifs is 1. The summed E-state index contributed by atoms with van der Waals surface area (Å²) in [7, 11) is -1.74. The van der Waals surface area contributed by atoms with Gasteiger partial charge >= 0.3 is 0 Å². The fourth-order valence-electron chi connectivity index (χ4n) is 6.93. The van der Waals surface area contributed by atoms with Crippen LogP contribution < -0.4 is 0 Å². The van der Waals surface area contributed by atoms with E-state index in [0.29, 0.717) is 23.4 Å². The molecule has 3 rings (SSSR count). The van der Waals surface area contributed by atoms with E-state index in [1.165, 1.54) is 43.3 Å². The molecule has 0 bridgehead atoms. The number of hydrogen-bond donors (Lipinski definition) is 0. The number of hydrogen-bond acceptors (Lipinski definition) is 1. The minimum atomic E-state index is -1.74. The van der Waals surface area contributed by atoms with Crippen molar-refractivity contribution >= 4 is 8.32 Å². The van der Waals surface area contributed by atoms with E-state index in [0.717, 1.165) is 37.0 Å². The molecule has 0 amide bonds. The molecule has 6 atom stereocenters. The van der Waals surface area contributed by atoms with E-state index >= 15 is 0 Å². The van der Waals surface area contributed by atoms with Gasteiger partial charge in [-0.1, -0.05) is 97.4 Å². The van der Waals surface area contributed by atoms with E-state index in [1.54, 1.807) is 5.57 Å². The molecule has 3 aliphatic carbocycles. The number of allylic oxidation sites excluding steroid dienone is 6. The van der Waals surface area contributed by atoms with Gasteiger partial charge in [0.2, 0.25) is 0 Å². The predicted octanol–water partition coefficient (Wildman–Crippen LogP) is 10.7. The Morgan fingerprint density at radius 1 is 1.00 bits per heavy atom. The molecule has 0 radical (unpaired) electrons. The van der Waals surface area contributed by atoms with Gasteiger partial charge in [0.15, 0.2) is 8.32 Å². The molecule has 0 aromatic heterocycles. The minimum Gasteiger partial charge on any atom is -0.414 e. The first-order valence-corrected chi connectivity index (χ1v) is 18.0. The molecule has 204 valence electrons. The van der Waals surface area contributed by atoms with Crippen LogP contribution in [0.3, 0.4) is 0 Å². The zero-order valence-electron chi connectivity index (χ0n) is 25.5. The average molecular weight is 511 g/mol. The molecule has 3 aliphatic rings. The summed E-state index contributed by atoms with van der Waals surface area (Å²) in [5, 5.41) is 0.262. The van der Waals surface area contributed by atoms with Crippen molar-refractivity contribution in [1.29, 1.82) is 0 Å². The predicted molar refractivity (Wildman–Crippen MR) is 162 cm³/mol. The molecule has 0 aliphatic heterocycles. The van der Waals surface area contributed by atoms with Gasteiger partial charge in [-0.25, -0.2) is 0 Å². The maximum absolute atomic E-state index is 6.82. The van der Waals surface area contributed by atoms with Crippen LogP contribution in [-0.4, -0.2) is 14.4 Å². The quantitative estimate of drug-likeness (QED) is 0.244. The van der Waals surface area contributed by atoms with E-state index in [-0.39, 0.29) is 5.04 Å². The normalized spacial score (nSPS) is 34.1. The Bertz CT molecular complexity index is 866. The highest BCUT2D eigenvalue weighted by atomic mass is 28.4. The van der Waals surface area contributed by atoms with Crippen LogP contribution in [-0.2, 0) is 4.43 Å². The van der Waals surface area contributed by atoms with Gasteiger partial charge in [0.25, 0.3) is 0 Å². The molecule has 0 aromatic carbocycles. The molecule has 3 saturated carbocycles. The van der Waals surface area contributed by atoms with Crippen LogP contribution in [0.4, 0.5) is 0 Å². The van der Waals surface area contributed by atoms with E-state index in [2.05, 4.69) is 99.4 Å². The van der Waals surface area contributed by atoms with E-state index < -0.39 is 8.32 Å². The van der Waals surface area contributed by atoms with Crippen LogP contribution >= 0.6 is 0 Å². The first kappa shape index (κ1) is 29.7. The summed E-state index contributed by atoms with van der Waals surface area (Å²) in [5.41, 5.74) is 4.94. The molecule has 0 spiro atoms. The smallest absolute Gasteiger partial charge is 0.192 e. The Kier molecular flexibility index (Phi) is 9.47. The highest BCUT2D eigenvalue weighted by Gasteiger charge is 2.50. The lowest BCUT2D eigenvalue weighted by atomic mass is 9.61. The maximum atomic E-state index is 6.82. The SMILES string of the molecule is C=C1CC[C@H](O[Si](C)(C)C(C)(C)C)C/C1=C/C=C1\CCC[C@]2(C)[C@@H]([C@H](C)/C=C/[C@H](C)C(C)C)CC[C@@H]12. The standard InChI is InChI=1S/C34H58OSi/c1-24(2)25(3)14-15-27(5)31-20-21-32-28(13-12-22-34(31,32)9)17-18-29-23-30(19-16-26(29)4)35-36(10,11)33(6,7)8/h14-15,17-18,24-25,27,30-32H,4,12-13,16,19-23H2,1-3,5-11H3/b15-14+,28-17+,29-18-/t25-,27+,30-,31+,32-,34+/m0/s1. The molecule has 0 unspecified atom stereocenters. The van der Waals surface area contributed by atoms with Crippen molar-refractivity contribution in [3.63, 3.8) is 0 Å². The zero-order chi connectivity index (χ0) is 26.9. The summed E-state index contributed by atoms with van der Waals surface area (Å²) in [4.78, 5) is 0. The van der Waals surface area contributed by atoms with Crippen LogP contribution in [0.5, 0.6) is 0 Å². The summed E-state index contributed by atoms with van der Waals surface area (Å²) >= 11 is 0. The Morgan fingerprint density at radius 3 is 2.33 bits per heavy atom. The van der Waals surface area contributed by atoms with Gasteiger partial charge < -0.3 is 4.43 Å². The molecular formula is C34H58OSi. The van der Waals surface area contributed by atoms with Crippen molar-refractivity contribution in [2.75, 3.05) is 0 Å². The van der Waals surface area contributed by atoms with Gasteiger partial charge in [0, 0.05) is 6.10 Å². The Labute approximate surface area is 226 Å². The molecule has 0 N–H and O–H groups in total. The first-order valence-electron chi connectivity index (χ1n) is 15.1. The molecule has 1 nitrogen and oxygen atoms in total. The van der Waals surface area contributed by atoms with Crippen LogP contribution in [0.15, 0.2) is 47.6 Å². The molecule has 2 heteroatoms. The molecule has 0 aromatic rings. The van der Waals surface area contributed by atoms with E-state index in [9.17, 15) is 0 Å². The molecule has 0 saturated heterocycles. The van der Waals surface area contributed by atoms with Crippen molar-refractivity contribution in [1.82, 2.24) is 0 Å². The summed E-state index contributed by atoms with van der Waals surface area (Å²) in [6.07, 6.45) is 20.4. The summed E-state index contributed by atoms with van der Waals surface area (Å²) in [6, 6.07) is 0. The van der Waals surface area contributed by atoms with Crippen LogP contribution in [0, 0.1) is 35.0 Å². The van der Waals surface area contributed by atoms with Crippen LogP contribution in [0.25, 0.3) is 0 Å². The minimum absolute atomic E-state index is 0.262. The highest BCUT2D eigenvalue weighted by molar-refractivity contribution is 6.74. The van der Waals surface area contributed by atoms with Gasteiger partial charge in [-0.3, -0.25) is 0 Å². The maximum Gasteiger partial charge on any atom is 0.192 e. The lowest BCUT2D eigenvalue weighted by Gasteiger charge is -2.44. The second-order valence-corrected chi connectivity index (χ2v) is 19.5. The zero-order valence-corrected chi connectivity index (χ0v) is 26.5. The molecule has 0 heterocycles. The van der Waals surface area contributed by atoms with E-state index in [1.807, 2.05) is 0 Å². The molecule has 3 fully saturated rings. The van der Waals surface area contributed by atoms with Crippen molar-refractivity contribution in [2.45, 2.75) is 131 Å². The van der Waals surface area contributed by atoms with Crippen molar-refractivity contribution in [3.05, 3.63) is 47.6 Å². The van der Waals surface area contributed by atoms with Gasteiger partial charge in [-0.2, -0.15) is 0 Å². The van der Waals surface area contributed by atoms with Crippen molar-refractivity contribution in [2.24, 2.45) is 35.0 Å². The fraction of sp³-hybridized carbons (Fsp3) is 0.765. The average Bonchev–Trinajstić information content (AvgIpc) is 3.14. The third-order valence-electron chi connectivity index (χ3n) is 10.9. The summed E-state index contributed by atoms with van der Waals surface area (Å²) in [6.45, 7) is 28.4. The van der Waals surface area contributed by atoms with Crippen LogP contribution in [0.1, 0.15) is 107 Å². The topological polar surface area (TPSA) is 9.23 Å². The third kappa shape index (κ3) is 6.58. The van der Waals surface area contributed by atoms with Gasteiger partial charge in [-0.15, -0.1) is 0 Å². The van der Waals surface area contributed by atoms with E-state index in [4.69, 9.17) is 4.43 Å². The first-order chi connectivity index (χ1) is 16.7. The fourth-order valence-corrected chi connectivity index (χ4v) is 8.31.